The van der Waals surface area contributed by atoms with Crippen LogP contribution in [0.15, 0.2) is 60.7 Å². The predicted molar refractivity (Wildman–Crippen MR) is 88.1 cm³/mol. The average Bonchev–Trinajstić information content (AvgIpc) is 2.97. The van der Waals surface area contributed by atoms with Crippen LogP contribution in [0.5, 0.6) is 0 Å². The lowest BCUT2D eigenvalue weighted by Crippen LogP contribution is -2.28. The average molecular weight is 280 g/mol. The molecular weight excluding hydrogens is 256 g/mol. The quantitative estimate of drug-likeness (QED) is 0.850. The van der Waals surface area contributed by atoms with E-state index in [-0.39, 0.29) is 0 Å². The minimum atomic E-state index is 0.730. The summed E-state index contributed by atoms with van der Waals surface area (Å²) in [6, 6.07) is 21.5. The predicted octanol–water partition coefficient (Wildman–Crippen LogP) is 2.85. The van der Waals surface area contributed by atoms with Gasteiger partial charge in [-0.3, -0.25) is 0 Å². The highest BCUT2D eigenvalue weighted by Gasteiger charge is 2.26. The van der Waals surface area contributed by atoms with E-state index >= 15 is 0 Å². The first-order valence-corrected chi connectivity index (χ1v) is 7.91. The Bertz CT molecular complexity index is 524. The third kappa shape index (κ3) is 4.16. The third-order valence-electron chi connectivity index (χ3n) is 4.40. The van der Waals surface area contributed by atoms with E-state index in [9.17, 15) is 0 Å². The van der Waals surface area contributed by atoms with E-state index < -0.39 is 0 Å². The fraction of sp³-hybridized carbons (Fsp3) is 0.368. The molecule has 0 amide bonds. The molecule has 2 aromatic carbocycles. The van der Waals surface area contributed by atoms with Gasteiger partial charge in [0.05, 0.1) is 0 Å². The van der Waals surface area contributed by atoms with E-state index in [1.165, 1.54) is 17.5 Å². The van der Waals surface area contributed by atoms with Gasteiger partial charge in [-0.1, -0.05) is 60.7 Å². The summed E-state index contributed by atoms with van der Waals surface area (Å²) in [7, 11) is 0. The van der Waals surface area contributed by atoms with Crippen LogP contribution in [0.2, 0.25) is 0 Å². The first kappa shape index (κ1) is 14.3. The fourth-order valence-electron chi connectivity index (χ4n) is 3.18. The van der Waals surface area contributed by atoms with Gasteiger partial charge in [0.1, 0.15) is 0 Å². The largest absolute Gasteiger partial charge is 0.316 e. The van der Waals surface area contributed by atoms with Crippen LogP contribution < -0.4 is 10.6 Å². The minimum absolute atomic E-state index is 0.730. The Morgan fingerprint density at radius 2 is 1.43 bits per heavy atom. The summed E-state index contributed by atoms with van der Waals surface area (Å²) in [5, 5.41) is 7.17. The molecule has 0 unspecified atom stereocenters. The fourth-order valence-corrected chi connectivity index (χ4v) is 3.18. The van der Waals surface area contributed by atoms with Crippen molar-refractivity contribution in [3.8, 4) is 0 Å². The molecular formula is C19H24N2. The van der Waals surface area contributed by atoms with E-state index in [4.69, 9.17) is 0 Å². The van der Waals surface area contributed by atoms with Crippen molar-refractivity contribution >= 4 is 0 Å². The van der Waals surface area contributed by atoms with Crippen molar-refractivity contribution < 1.29 is 0 Å². The number of nitrogens with one attached hydrogen (secondary N) is 2. The Morgan fingerprint density at radius 3 is 2.14 bits per heavy atom. The lowest BCUT2D eigenvalue weighted by atomic mass is 9.89. The number of hydrogen-bond donors (Lipinski definition) is 2. The SMILES string of the molecule is c1ccc(CNC[C@H]2CNC[C@H]2Cc2ccccc2)cc1. The van der Waals surface area contributed by atoms with Crippen molar-refractivity contribution in [2.24, 2.45) is 11.8 Å². The van der Waals surface area contributed by atoms with Crippen LogP contribution in [0, 0.1) is 11.8 Å². The van der Waals surface area contributed by atoms with Crippen LogP contribution in [0.4, 0.5) is 0 Å². The van der Waals surface area contributed by atoms with Crippen molar-refractivity contribution in [2.75, 3.05) is 19.6 Å². The van der Waals surface area contributed by atoms with Gasteiger partial charge in [0.15, 0.2) is 0 Å². The lowest BCUT2D eigenvalue weighted by Gasteiger charge is -2.19. The summed E-state index contributed by atoms with van der Waals surface area (Å²) in [6.07, 6.45) is 1.19. The first-order chi connectivity index (χ1) is 10.4. The Labute approximate surface area is 127 Å². The molecule has 0 aliphatic carbocycles. The normalized spacial score (nSPS) is 21.5. The van der Waals surface area contributed by atoms with Crippen molar-refractivity contribution in [1.82, 2.24) is 10.6 Å². The second-order valence-electron chi connectivity index (χ2n) is 5.98. The summed E-state index contributed by atoms with van der Waals surface area (Å²) in [5.74, 6) is 1.48. The first-order valence-electron chi connectivity index (χ1n) is 7.91. The molecule has 2 atom stereocenters. The maximum atomic E-state index is 3.62. The molecule has 1 aliphatic heterocycles. The standard InChI is InChI=1S/C19H24N2/c1-3-7-16(8-4-1)11-18-13-21-15-19(18)14-20-12-17-9-5-2-6-10-17/h1-10,18-21H,11-15H2/t18-,19+/m1/s1. The molecule has 1 aliphatic rings. The molecule has 2 aromatic rings. The summed E-state index contributed by atoms with van der Waals surface area (Å²) < 4.78 is 0. The highest BCUT2D eigenvalue weighted by Crippen LogP contribution is 2.21. The third-order valence-corrected chi connectivity index (χ3v) is 4.40. The van der Waals surface area contributed by atoms with E-state index in [0.29, 0.717) is 0 Å². The van der Waals surface area contributed by atoms with Gasteiger partial charge in [0.25, 0.3) is 0 Å². The number of rotatable bonds is 6. The molecule has 0 bridgehead atoms. The van der Waals surface area contributed by atoms with Crippen LogP contribution in [-0.2, 0) is 13.0 Å². The summed E-state index contributed by atoms with van der Waals surface area (Å²) in [5.41, 5.74) is 2.82. The molecule has 0 radical (unpaired) electrons. The molecule has 1 heterocycles. The summed E-state index contributed by atoms with van der Waals surface area (Å²) in [6.45, 7) is 4.35. The second-order valence-corrected chi connectivity index (χ2v) is 5.98. The van der Waals surface area contributed by atoms with Gasteiger partial charge in [0.2, 0.25) is 0 Å². The highest BCUT2D eigenvalue weighted by atomic mass is 14.9. The zero-order chi connectivity index (χ0) is 14.3. The molecule has 0 saturated carbocycles. The Kier molecular flexibility index (Phi) is 5.03. The Balaban J connectivity index is 1.48. The molecule has 110 valence electrons. The lowest BCUT2D eigenvalue weighted by molar-refractivity contribution is 0.392. The van der Waals surface area contributed by atoms with Crippen LogP contribution in [0.25, 0.3) is 0 Å². The molecule has 2 nitrogen and oxygen atoms in total. The maximum absolute atomic E-state index is 3.62. The summed E-state index contributed by atoms with van der Waals surface area (Å²) in [4.78, 5) is 0. The number of benzene rings is 2. The van der Waals surface area contributed by atoms with Gasteiger partial charge < -0.3 is 10.6 Å². The number of hydrogen-bond acceptors (Lipinski definition) is 2. The summed E-state index contributed by atoms with van der Waals surface area (Å²) >= 11 is 0. The van der Waals surface area contributed by atoms with Gasteiger partial charge in [-0.05, 0) is 49.0 Å². The zero-order valence-electron chi connectivity index (χ0n) is 12.5. The molecule has 0 aromatic heterocycles. The van der Waals surface area contributed by atoms with Gasteiger partial charge in [0, 0.05) is 6.54 Å². The van der Waals surface area contributed by atoms with Crippen molar-refractivity contribution in [1.29, 1.82) is 0 Å². The molecule has 3 rings (SSSR count). The molecule has 21 heavy (non-hydrogen) atoms. The van der Waals surface area contributed by atoms with Crippen LogP contribution >= 0.6 is 0 Å². The van der Waals surface area contributed by atoms with Gasteiger partial charge in [-0.15, -0.1) is 0 Å². The van der Waals surface area contributed by atoms with Crippen molar-refractivity contribution in [3.05, 3.63) is 71.8 Å². The van der Waals surface area contributed by atoms with Crippen molar-refractivity contribution in [2.45, 2.75) is 13.0 Å². The van der Waals surface area contributed by atoms with E-state index in [2.05, 4.69) is 71.3 Å². The van der Waals surface area contributed by atoms with E-state index in [0.717, 1.165) is 38.0 Å². The zero-order valence-corrected chi connectivity index (χ0v) is 12.5. The molecule has 1 fully saturated rings. The van der Waals surface area contributed by atoms with Crippen LogP contribution in [-0.4, -0.2) is 19.6 Å². The highest BCUT2D eigenvalue weighted by molar-refractivity contribution is 5.16. The topological polar surface area (TPSA) is 24.1 Å². The van der Waals surface area contributed by atoms with Gasteiger partial charge >= 0.3 is 0 Å². The van der Waals surface area contributed by atoms with Crippen LogP contribution in [0.3, 0.4) is 0 Å². The smallest absolute Gasteiger partial charge is 0.0205 e. The van der Waals surface area contributed by atoms with Gasteiger partial charge in [-0.25, -0.2) is 0 Å². The molecule has 2 N–H and O–H groups in total. The maximum Gasteiger partial charge on any atom is 0.0205 e. The monoisotopic (exact) mass is 280 g/mol. The minimum Gasteiger partial charge on any atom is -0.316 e. The van der Waals surface area contributed by atoms with E-state index in [1.807, 2.05) is 0 Å². The van der Waals surface area contributed by atoms with E-state index in [1.54, 1.807) is 0 Å². The van der Waals surface area contributed by atoms with Gasteiger partial charge in [-0.2, -0.15) is 0 Å². The second kappa shape index (κ2) is 7.39. The Morgan fingerprint density at radius 1 is 0.810 bits per heavy atom. The molecule has 0 spiro atoms. The van der Waals surface area contributed by atoms with Crippen molar-refractivity contribution in [3.63, 3.8) is 0 Å². The molecule has 1 saturated heterocycles. The van der Waals surface area contributed by atoms with Crippen LogP contribution in [0.1, 0.15) is 11.1 Å². The molecule has 2 heteroatoms. The Hall–Kier alpha value is -1.64.